The van der Waals surface area contributed by atoms with E-state index in [1.54, 1.807) is 0 Å². The van der Waals surface area contributed by atoms with E-state index in [4.69, 9.17) is 18.5 Å². The van der Waals surface area contributed by atoms with Gasteiger partial charge in [0.25, 0.3) is 0 Å². The molecule has 6 N–H and O–H groups in total. The van der Waals surface area contributed by atoms with Gasteiger partial charge in [-0.25, -0.2) is 4.57 Å². The summed E-state index contributed by atoms with van der Waals surface area (Å²) in [5.41, 5.74) is 0. The zero-order chi connectivity index (χ0) is 43.4. The van der Waals surface area contributed by atoms with Crippen LogP contribution in [-0.4, -0.2) is 98.9 Å². The Morgan fingerprint density at radius 1 is 0.542 bits per heavy atom. The molecule has 0 bridgehead atoms. The van der Waals surface area contributed by atoms with E-state index >= 15 is 0 Å². The van der Waals surface area contributed by atoms with Crippen LogP contribution in [0.1, 0.15) is 200 Å². The van der Waals surface area contributed by atoms with Gasteiger partial charge in [0.2, 0.25) is 0 Å². The van der Waals surface area contributed by atoms with Crippen LogP contribution in [0.2, 0.25) is 0 Å². The maximum absolute atomic E-state index is 12.8. The predicted molar refractivity (Wildman–Crippen MR) is 235 cm³/mol. The van der Waals surface area contributed by atoms with Crippen LogP contribution in [0, 0.1) is 0 Å². The molecular formula is C46H87O12P. The fourth-order valence-electron chi connectivity index (χ4n) is 7.27. The Kier molecular flexibility index (Phi) is 35.4. The van der Waals surface area contributed by atoms with Crippen LogP contribution in [-0.2, 0) is 27.9 Å². The van der Waals surface area contributed by atoms with Crippen molar-refractivity contribution in [1.29, 1.82) is 0 Å². The number of aliphatic hydroxyl groups is 5. The van der Waals surface area contributed by atoms with E-state index in [0.29, 0.717) is 13.0 Å². The van der Waals surface area contributed by atoms with Crippen molar-refractivity contribution in [2.24, 2.45) is 0 Å². The molecule has 0 heterocycles. The minimum absolute atomic E-state index is 0.0801. The third-order valence-corrected chi connectivity index (χ3v) is 12.1. The van der Waals surface area contributed by atoms with Gasteiger partial charge >= 0.3 is 13.8 Å². The van der Waals surface area contributed by atoms with Crippen molar-refractivity contribution >= 4 is 13.8 Å². The zero-order valence-corrected chi connectivity index (χ0v) is 38.0. The normalized spacial score (nSPS) is 22.6. The van der Waals surface area contributed by atoms with Gasteiger partial charge in [0.1, 0.15) is 42.7 Å². The fraction of sp³-hybridized carbons (Fsp3) is 0.891. The molecule has 0 radical (unpaired) electrons. The second kappa shape index (κ2) is 37.4. The van der Waals surface area contributed by atoms with E-state index in [-0.39, 0.29) is 13.0 Å². The van der Waals surface area contributed by atoms with Crippen molar-refractivity contribution in [3.63, 3.8) is 0 Å². The Morgan fingerprint density at radius 3 is 1.46 bits per heavy atom. The van der Waals surface area contributed by atoms with Crippen LogP contribution < -0.4 is 0 Å². The van der Waals surface area contributed by atoms with Crippen molar-refractivity contribution in [3.05, 3.63) is 24.3 Å². The summed E-state index contributed by atoms with van der Waals surface area (Å²) in [4.78, 5) is 23.2. The number of rotatable bonds is 40. The van der Waals surface area contributed by atoms with Crippen molar-refractivity contribution < 1.29 is 58.3 Å². The van der Waals surface area contributed by atoms with Gasteiger partial charge < -0.3 is 39.9 Å². The highest BCUT2D eigenvalue weighted by Gasteiger charge is 2.51. The number of aliphatic hydroxyl groups excluding tert-OH is 5. The summed E-state index contributed by atoms with van der Waals surface area (Å²) in [5.74, 6) is -0.478. The summed E-state index contributed by atoms with van der Waals surface area (Å²) < 4.78 is 34.2. The number of esters is 1. The summed E-state index contributed by atoms with van der Waals surface area (Å²) >= 11 is 0. The highest BCUT2D eigenvalue weighted by Crippen LogP contribution is 2.47. The lowest BCUT2D eigenvalue weighted by atomic mass is 9.85. The van der Waals surface area contributed by atoms with Crippen LogP contribution >= 0.6 is 7.82 Å². The Morgan fingerprint density at radius 2 is 0.949 bits per heavy atom. The molecule has 59 heavy (non-hydrogen) atoms. The average Bonchev–Trinajstić information content (AvgIpc) is 3.22. The van der Waals surface area contributed by atoms with Gasteiger partial charge in [-0.3, -0.25) is 13.8 Å². The number of hydrogen-bond acceptors (Lipinski definition) is 11. The van der Waals surface area contributed by atoms with Gasteiger partial charge in [0.05, 0.1) is 13.2 Å². The second-order valence-corrected chi connectivity index (χ2v) is 18.0. The van der Waals surface area contributed by atoms with Gasteiger partial charge in [-0.1, -0.05) is 173 Å². The molecule has 0 aromatic heterocycles. The largest absolute Gasteiger partial charge is 0.472 e. The Bertz CT molecular complexity index is 1070. The average molecular weight is 863 g/mol. The summed E-state index contributed by atoms with van der Waals surface area (Å²) in [6.07, 6.45) is 29.5. The van der Waals surface area contributed by atoms with Crippen molar-refractivity contribution in [2.45, 2.75) is 243 Å². The number of ether oxygens (including phenoxy) is 2. The Labute approximate surface area is 358 Å². The van der Waals surface area contributed by atoms with E-state index in [0.717, 1.165) is 57.8 Å². The molecule has 348 valence electrons. The van der Waals surface area contributed by atoms with E-state index < -0.39 is 63.1 Å². The molecule has 0 amide bonds. The minimum Gasteiger partial charge on any atom is -0.457 e. The molecule has 1 aliphatic carbocycles. The summed E-state index contributed by atoms with van der Waals surface area (Å²) in [5, 5.41) is 50.2. The van der Waals surface area contributed by atoms with Gasteiger partial charge in [0.15, 0.2) is 0 Å². The molecule has 1 fully saturated rings. The lowest BCUT2D eigenvalue weighted by Crippen LogP contribution is -2.64. The molecule has 0 spiro atoms. The molecule has 0 aromatic carbocycles. The topological polar surface area (TPSA) is 192 Å². The highest BCUT2D eigenvalue weighted by molar-refractivity contribution is 7.47. The first-order valence-electron chi connectivity index (χ1n) is 23.7. The van der Waals surface area contributed by atoms with Crippen molar-refractivity contribution in [1.82, 2.24) is 0 Å². The molecule has 6 atom stereocenters. The van der Waals surface area contributed by atoms with Crippen molar-refractivity contribution in [2.75, 3.05) is 19.8 Å². The SMILES string of the molecule is CCCCC/C=C\C/C=C\CCCCCCCCOCC(COP(=O)(O)OC1C(O)C(O)C(O)C(O)C1O)OC(=O)CCCCCCCCCCCCCCCCCC. The Hall–Kier alpha value is -1.18. The first-order chi connectivity index (χ1) is 28.5. The molecule has 0 aliphatic heterocycles. The van der Waals surface area contributed by atoms with Gasteiger partial charge in [-0.05, 0) is 44.9 Å². The molecule has 0 saturated heterocycles. The highest BCUT2D eigenvalue weighted by atomic mass is 31.2. The number of hydrogen-bond donors (Lipinski definition) is 6. The maximum atomic E-state index is 12.8. The van der Waals surface area contributed by atoms with Crippen LogP contribution in [0.25, 0.3) is 0 Å². The molecule has 0 aromatic rings. The molecule has 6 unspecified atom stereocenters. The summed E-state index contributed by atoms with van der Waals surface area (Å²) in [6.45, 7) is 4.23. The maximum Gasteiger partial charge on any atom is 0.472 e. The number of phosphoric ester groups is 1. The van der Waals surface area contributed by atoms with E-state index in [9.17, 15) is 39.8 Å². The monoisotopic (exact) mass is 863 g/mol. The minimum atomic E-state index is -5.02. The van der Waals surface area contributed by atoms with Gasteiger partial charge in [-0.2, -0.15) is 0 Å². The number of carbonyl (C=O) groups is 1. The van der Waals surface area contributed by atoms with E-state index in [2.05, 4.69) is 38.2 Å². The fourth-order valence-corrected chi connectivity index (χ4v) is 8.24. The first kappa shape index (κ1) is 55.8. The molecule has 12 nitrogen and oxygen atoms in total. The number of unbranched alkanes of at least 4 members (excludes halogenated alkanes) is 24. The predicted octanol–water partition coefficient (Wildman–Crippen LogP) is 9.70. The Balaban J connectivity index is 2.39. The van der Waals surface area contributed by atoms with Crippen LogP contribution in [0.4, 0.5) is 0 Å². The lowest BCUT2D eigenvalue weighted by Gasteiger charge is -2.41. The van der Waals surface area contributed by atoms with E-state index in [1.165, 1.54) is 116 Å². The third-order valence-electron chi connectivity index (χ3n) is 11.1. The third kappa shape index (κ3) is 29.7. The number of carbonyl (C=O) groups excluding carboxylic acids is 1. The molecule has 1 rings (SSSR count). The molecular weight excluding hydrogens is 775 g/mol. The smallest absolute Gasteiger partial charge is 0.457 e. The second-order valence-electron chi connectivity index (χ2n) is 16.6. The standard InChI is InChI=1S/C46H87O12P/c1-3-5-7-9-11-13-15-17-19-21-23-25-27-29-31-33-35-40(47)57-39(38-56-59(53,54)58-46-44(51)42(49)41(48)43(50)45(46)52)37-55-36-34-32-30-28-26-24-22-20-18-16-14-12-10-8-6-4-2/h12,14,18,20,39,41-46,48-52H,3-11,13,15-17,19,21-38H2,1-2H3,(H,53,54)/b14-12-,20-18-. The van der Waals surface area contributed by atoms with E-state index in [1.807, 2.05) is 0 Å². The summed E-state index contributed by atoms with van der Waals surface area (Å²) in [6, 6.07) is 0. The van der Waals surface area contributed by atoms with Gasteiger partial charge in [-0.15, -0.1) is 0 Å². The number of allylic oxidation sites excluding steroid dienone is 4. The molecule has 1 aliphatic rings. The summed E-state index contributed by atoms with van der Waals surface area (Å²) in [7, 11) is -5.02. The van der Waals surface area contributed by atoms with Gasteiger partial charge in [0, 0.05) is 13.0 Å². The molecule has 13 heteroatoms. The quantitative estimate of drug-likeness (QED) is 0.0148. The van der Waals surface area contributed by atoms with Crippen LogP contribution in [0.5, 0.6) is 0 Å². The lowest BCUT2D eigenvalue weighted by molar-refractivity contribution is -0.220. The molecule has 1 saturated carbocycles. The van der Waals surface area contributed by atoms with Crippen molar-refractivity contribution in [3.8, 4) is 0 Å². The first-order valence-corrected chi connectivity index (χ1v) is 25.2. The van der Waals surface area contributed by atoms with Crippen LogP contribution in [0.3, 0.4) is 0 Å². The zero-order valence-electron chi connectivity index (χ0n) is 37.1. The van der Waals surface area contributed by atoms with Crippen LogP contribution in [0.15, 0.2) is 24.3 Å². The number of phosphoric acid groups is 1.